The van der Waals surface area contributed by atoms with Gasteiger partial charge >= 0.3 is 6.18 Å². The van der Waals surface area contributed by atoms with Crippen LogP contribution in [0.1, 0.15) is 5.56 Å². The van der Waals surface area contributed by atoms with E-state index in [-0.39, 0.29) is 17.5 Å². The molecule has 5 rings (SSSR count). The third-order valence-electron chi connectivity index (χ3n) is 5.77. The van der Waals surface area contributed by atoms with E-state index in [1.807, 2.05) is 30.3 Å². The number of nitrogens with one attached hydrogen (secondary N) is 1. The summed E-state index contributed by atoms with van der Waals surface area (Å²) < 4.78 is 44.7. The number of carbonyl (C=O) groups is 1. The minimum atomic E-state index is -4.52. The lowest BCUT2D eigenvalue weighted by molar-refractivity contribution is -0.137. The van der Waals surface area contributed by atoms with Gasteiger partial charge in [0.15, 0.2) is 0 Å². The number of aromatic nitrogens is 3. The number of carbonyl (C=O) groups excluding carboxylic acids is 1. The standard InChI is InChI=1S/C29H18ClF3N4O2/c1-2-26(38)37-21-5-3-4-17(11-21)24-12-18(10-19-15-34-16-36-28(19)24)23-7-6-22(14-25(23)30)39-27-13-20(8-9-35-27)29(31,32)33/h2-16H,1H2,(H,37,38). The number of ether oxygens (including phenoxy) is 1. The summed E-state index contributed by atoms with van der Waals surface area (Å²) in [6.45, 7) is 3.48. The van der Waals surface area contributed by atoms with E-state index >= 15 is 0 Å². The van der Waals surface area contributed by atoms with Crippen LogP contribution in [0, 0.1) is 0 Å². The number of benzene rings is 3. The maximum atomic E-state index is 13.0. The number of rotatable bonds is 6. The van der Waals surface area contributed by atoms with Crippen LogP contribution in [0.3, 0.4) is 0 Å². The lowest BCUT2D eigenvalue weighted by Crippen LogP contribution is -2.07. The number of pyridine rings is 1. The van der Waals surface area contributed by atoms with Crippen LogP contribution in [0.2, 0.25) is 5.02 Å². The molecule has 0 atom stereocenters. The van der Waals surface area contributed by atoms with Gasteiger partial charge in [0.2, 0.25) is 11.8 Å². The van der Waals surface area contributed by atoms with E-state index in [0.717, 1.165) is 40.4 Å². The van der Waals surface area contributed by atoms with E-state index in [1.165, 1.54) is 18.5 Å². The van der Waals surface area contributed by atoms with Crippen molar-refractivity contribution in [2.24, 2.45) is 0 Å². The molecule has 1 N–H and O–H groups in total. The van der Waals surface area contributed by atoms with Gasteiger partial charge in [-0.15, -0.1) is 0 Å². The lowest BCUT2D eigenvalue weighted by Gasteiger charge is -2.13. The summed E-state index contributed by atoms with van der Waals surface area (Å²) in [5.41, 5.74) is 3.42. The van der Waals surface area contributed by atoms with Gasteiger partial charge in [0.1, 0.15) is 12.1 Å². The molecule has 1 amide bonds. The predicted octanol–water partition coefficient (Wildman–Crippen LogP) is 7.95. The predicted molar refractivity (Wildman–Crippen MR) is 144 cm³/mol. The zero-order valence-electron chi connectivity index (χ0n) is 20.0. The van der Waals surface area contributed by atoms with Crippen LogP contribution in [0.25, 0.3) is 33.2 Å². The summed E-state index contributed by atoms with van der Waals surface area (Å²) in [4.78, 5) is 24.2. The molecule has 39 heavy (non-hydrogen) atoms. The SMILES string of the molecule is C=CC(=O)Nc1cccc(-c2cc(-c3ccc(Oc4cc(C(F)(F)F)ccn4)cc3Cl)cc3cncnc23)c1. The van der Waals surface area contributed by atoms with Crippen LogP contribution in [0.15, 0.2) is 98.1 Å². The molecule has 0 saturated carbocycles. The minimum Gasteiger partial charge on any atom is -0.439 e. The molecule has 194 valence electrons. The van der Waals surface area contributed by atoms with Gasteiger partial charge in [-0.3, -0.25) is 4.79 Å². The number of nitrogens with zero attached hydrogens (tertiary/aromatic N) is 3. The number of fused-ring (bicyclic) bond motifs is 1. The monoisotopic (exact) mass is 546 g/mol. The number of hydrogen-bond acceptors (Lipinski definition) is 5. The maximum Gasteiger partial charge on any atom is 0.416 e. The van der Waals surface area contributed by atoms with Crippen molar-refractivity contribution in [2.45, 2.75) is 6.18 Å². The van der Waals surface area contributed by atoms with Crippen molar-refractivity contribution >= 4 is 34.1 Å². The van der Waals surface area contributed by atoms with Crippen molar-refractivity contribution in [2.75, 3.05) is 5.32 Å². The number of halogens is 4. The molecule has 0 fully saturated rings. The Kier molecular flexibility index (Phi) is 7.00. The van der Waals surface area contributed by atoms with Gasteiger partial charge in [0.25, 0.3) is 0 Å². The Morgan fingerprint density at radius 2 is 1.82 bits per heavy atom. The fourth-order valence-electron chi connectivity index (χ4n) is 3.99. The van der Waals surface area contributed by atoms with Crippen LogP contribution in [0.5, 0.6) is 11.6 Å². The molecule has 0 saturated heterocycles. The Balaban J connectivity index is 1.52. The topological polar surface area (TPSA) is 77.0 Å². The first-order chi connectivity index (χ1) is 18.7. The molecule has 0 spiro atoms. The van der Waals surface area contributed by atoms with E-state index in [4.69, 9.17) is 16.3 Å². The fourth-order valence-corrected chi connectivity index (χ4v) is 4.27. The van der Waals surface area contributed by atoms with Crippen molar-refractivity contribution < 1.29 is 22.7 Å². The number of alkyl halides is 3. The average Bonchev–Trinajstić information content (AvgIpc) is 2.92. The Bertz CT molecular complexity index is 1720. The van der Waals surface area contributed by atoms with E-state index in [9.17, 15) is 18.0 Å². The summed E-state index contributed by atoms with van der Waals surface area (Å²) in [5.74, 6) is -0.310. The molecular formula is C29H18ClF3N4O2. The highest BCUT2D eigenvalue weighted by Crippen LogP contribution is 2.38. The van der Waals surface area contributed by atoms with Gasteiger partial charge in [0, 0.05) is 46.7 Å². The highest BCUT2D eigenvalue weighted by atomic mass is 35.5. The molecule has 0 unspecified atom stereocenters. The molecule has 0 aliphatic rings. The third kappa shape index (κ3) is 5.73. The van der Waals surface area contributed by atoms with Crippen molar-refractivity contribution in [3.63, 3.8) is 0 Å². The maximum absolute atomic E-state index is 13.0. The lowest BCUT2D eigenvalue weighted by atomic mass is 9.95. The third-order valence-corrected chi connectivity index (χ3v) is 6.08. The van der Waals surface area contributed by atoms with Crippen LogP contribution >= 0.6 is 11.6 Å². The first-order valence-electron chi connectivity index (χ1n) is 11.5. The molecular weight excluding hydrogens is 529 g/mol. The number of amides is 1. The Morgan fingerprint density at radius 1 is 0.974 bits per heavy atom. The van der Waals surface area contributed by atoms with Crippen LogP contribution < -0.4 is 10.1 Å². The summed E-state index contributed by atoms with van der Waals surface area (Å²) in [5, 5.41) is 3.82. The summed E-state index contributed by atoms with van der Waals surface area (Å²) in [6.07, 6.45) is 0.842. The van der Waals surface area contributed by atoms with Crippen molar-refractivity contribution in [1.82, 2.24) is 15.0 Å². The molecule has 2 aromatic heterocycles. The average molecular weight is 547 g/mol. The van der Waals surface area contributed by atoms with Gasteiger partial charge < -0.3 is 10.1 Å². The quantitative estimate of drug-likeness (QED) is 0.219. The molecule has 5 aromatic rings. The normalized spacial score (nSPS) is 11.3. The second-order valence-corrected chi connectivity index (χ2v) is 8.79. The number of anilines is 1. The Labute approximate surface area is 225 Å². The second-order valence-electron chi connectivity index (χ2n) is 8.38. The smallest absolute Gasteiger partial charge is 0.416 e. The largest absolute Gasteiger partial charge is 0.439 e. The van der Waals surface area contributed by atoms with E-state index < -0.39 is 11.7 Å². The van der Waals surface area contributed by atoms with Crippen LogP contribution in [-0.2, 0) is 11.0 Å². The highest BCUT2D eigenvalue weighted by Gasteiger charge is 2.31. The molecule has 6 nitrogen and oxygen atoms in total. The zero-order valence-corrected chi connectivity index (χ0v) is 20.8. The van der Waals surface area contributed by atoms with Gasteiger partial charge in [-0.2, -0.15) is 13.2 Å². The molecule has 0 radical (unpaired) electrons. The first-order valence-corrected chi connectivity index (χ1v) is 11.9. The summed E-state index contributed by atoms with van der Waals surface area (Å²) in [6, 6.07) is 17.6. The highest BCUT2D eigenvalue weighted by molar-refractivity contribution is 6.33. The van der Waals surface area contributed by atoms with Gasteiger partial charge in [-0.05, 0) is 59.7 Å². The molecule has 10 heteroatoms. The molecule has 0 bridgehead atoms. The van der Waals surface area contributed by atoms with E-state index in [1.54, 1.807) is 24.4 Å². The van der Waals surface area contributed by atoms with Crippen LogP contribution in [0.4, 0.5) is 18.9 Å². The molecule has 3 aromatic carbocycles. The fraction of sp³-hybridized carbons (Fsp3) is 0.0345. The number of hydrogen-bond donors (Lipinski definition) is 1. The molecule has 2 heterocycles. The van der Waals surface area contributed by atoms with E-state index in [0.29, 0.717) is 21.8 Å². The van der Waals surface area contributed by atoms with Crippen molar-refractivity contribution in [3.05, 3.63) is 109 Å². The Morgan fingerprint density at radius 3 is 2.59 bits per heavy atom. The molecule has 0 aliphatic carbocycles. The minimum absolute atomic E-state index is 0.206. The molecule has 0 aliphatic heterocycles. The van der Waals surface area contributed by atoms with Gasteiger partial charge in [-0.25, -0.2) is 15.0 Å². The first kappa shape index (κ1) is 25.9. The van der Waals surface area contributed by atoms with Crippen molar-refractivity contribution in [3.8, 4) is 33.9 Å². The Hall–Kier alpha value is -4.76. The zero-order chi connectivity index (χ0) is 27.6. The van der Waals surface area contributed by atoms with Crippen molar-refractivity contribution in [1.29, 1.82) is 0 Å². The van der Waals surface area contributed by atoms with Crippen LogP contribution in [-0.4, -0.2) is 20.9 Å². The van der Waals surface area contributed by atoms with Gasteiger partial charge in [0.05, 0.1) is 16.1 Å². The van der Waals surface area contributed by atoms with E-state index in [2.05, 4.69) is 26.8 Å². The summed E-state index contributed by atoms with van der Waals surface area (Å²) >= 11 is 6.61. The summed E-state index contributed by atoms with van der Waals surface area (Å²) in [7, 11) is 0. The van der Waals surface area contributed by atoms with Gasteiger partial charge in [-0.1, -0.05) is 30.3 Å². The second kappa shape index (κ2) is 10.5.